The van der Waals surface area contributed by atoms with Crippen molar-refractivity contribution in [2.45, 2.75) is 45.6 Å². The molecule has 0 aliphatic carbocycles. The van der Waals surface area contributed by atoms with Gasteiger partial charge in [0.1, 0.15) is 11.4 Å². The van der Waals surface area contributed by atoms with Crippen LogP contribution in [0.3, 0.4) is 0 Å². The van der Waals surface area contributed by atoms with Gasteiger partial charge in [-0.05, 0) is 43.5 Å². The molecule has 5 heteroatoms. The molecule has 1 unspecified atom stereocenters. The van der Waals surface area contributed by atoms with E-state index in [2.05, 4.69) is 11.7 Å². The van der Waals surface area contributed by atoms with Crippen LogP contribution in [0.2, 0.25) is 0 Å². The number of benzene rings is 1. The fraction of sp³-hybridized carbons (Fsp3) is 0.500. The fourth-order valence-corrected chi connectivity index (χ4v) is 2.76. The standard InChI is InChI=1S/C16H19F3O2/c1-4-8-15(10-20-15)14(11(2)3)12-6-5-7-13(9-12)21-16(17,18)19/h5-7,9H,4,8,10H2,1-3H3. The summed E-state index contributed by atoms with van der Waals surface area (Å²) in [6.45, 7) is 6.58. The first-order valence-corrected chi connectivity index (χ1v) is 6.95. The molecule has 1 aromatic rings. The van der Waals surface area contributed by atoms with Crippen LogP contribution in [0.25, 0.3) is 5.57 Å². The van der Waals surface area contributed by atoms with Crippen molar-refractivity contribution in [1.29, 1.82) is 0 Å². The van der Waals surface area contributed by atoms with Crippen molar-refractivity contribution in [3.05, 3.63) is 35.4 Å². The quantitative estimate of drug-likeness (QED) is 0.718. The van der Waals surface area contributed by atoms with E-state index < -0.39 is 6.36 Å². The summed E-state index contributed by atoms with van der Waals surface area (Å²) in [5.74, 6) is -0.203. The number of halogens is 3. The van der Waals surface area contributed by atoms with Crippen molar-refractivity contribution in [1.82, 2.24) is 0 Å². The smallest absolute Gasteiger partial charge is 0.406 e. The molecule has 1 aromatic carbocycles. The van der Waals surface area contributed by atoms with Gasteiger partial charge >= 0.3 is 6.36 Å². The predicted molar refractivity (Wildman–Crippen MR) is 75.0 cm³/mol. The zero-order chi connectivity index (χ0) is 15.7. The molecule has 2 nitrogen and oxygen atoms in total. The summed E-state index contributed by atoms with van der Waals surface area (Å²) < 4.78 is 46.7. The second-order valence-electron chi connectivity index (χ2n) is 5.48. The molecule has 0 N–H and O–H groups in total. The normalized spacial score (nSPS) is 21.0. The van der Waals surface area contributed by atoms with Gasteiger partial charge in [-0.3, -0.25) is 0 Å². The highest BCUT2D eigenvalue weighted by molar-refractivity contribution is 5.77. The van der Waals surface area contributed by atoms with E-state index in [9.17, 15) is 13.2 Å². The molecule has 21 heavy (non-hydrogen) atoms. The number of alkyl halides is 3. The van der Waals surface area contributed by atoms with Crippen molar-refractivity contribution in [3.8, 4) is 5.75 Å². The number of hydrogen-bond acceptors (Lipinski definition) is 2. The highest BCUT2D eigenvalue weighted by Gasteiger charge is 2.48. The Kier molecular flexibility index (Phi) is 4.33. The Morgan fingerprint density at radius 1 is 1.33 bits per heavy atom. The van der Waals surface area contributed by atoms with Crippen LogP contribution in [-0.4, -0.2) is 18.6 Å². The molecule has 0 spiro atoms. The number of ether oxygens (including phenoxy) is 2. The average molecular weight is 300 g/mol. The van der Waals surface area contributed by atoms with E-state index >= 15 is 0 Å². The molecule has 1 heterocycles. The molecule has 116 valence electrons. The van der Waals surface area contributed by atoms with Gasteiger partial charge in [-0.15, -0.1) is 13.2 Å². The Hall–Kier alpha value is -1.49. The third-order valence-electron chi connectivity index (χ3n) is 3.46. The van der Waals surface area contributed by atoms with Crippen LogP contribution in [-0.2, 0) is 4.74 Å². The lowest BCUT2D eigenvalue weighted by molar-refractivity contribution is -0.274. The molecule has 1 aliphatic heterocycles. The Morgan fingerprint density at radius 2 is 2.00 bits per heavy atom. The van der Waals surface area contributed by atoms with Crippen molar-refractivity contribution in [2.75, 3.05) is 6.61 Å². The van der Waals surface area contributed by atoms with E-state index in [1.54, 1.807) is 12.1 Å². The van der Waals surface area contributed by atoms with Crippen LogP contribution < -0.4 is 4.74 Å². The summed E-state index contributed by atoms with van der Waals surface area (Å²) in [6, 6.07) is 6.10. The van der Waals surface area contributed by atoms with Gasteiger partial charge in [-0.1, -0.05) is 31.1 Å². The lowest BCUT2D eigenvalue weighted by Crippen LogP contribution is -2.18. The van der Waals surface area contributed by atoms with Gasteiger partial charge in [0.25, 0.3) is 0 Å². The summed E-state index contributed by atoms with van der Waals surface area (Å²) in [5.41, 5.74) is 2.40. The lowest BCUT2D eigenvalue weighted by atomic mass is 9.86. The number of hydrogen-bond donors (Lipinski definition) is 0. The molecule has 2 rings (SSSR count). The van der Waals surface area contributed by atoms with Gasteiger partial charge in [0.05, 0.1) is 6.61 Å². The maximum absolute atomic E-state index is 12.3. The topological polar surface area (TPSA) is 21.8 Å². The second kappa shape index (κ2) is 5.72. The molecule has 0 aromatic heterocycles. The van der Waals surface area contributed by atoms with Crippen molar-refractivity contribution < 1.29 is 22.6 Å². The first-order chi connectivity index (χ1) is 9.77. The second-order valence-corrected chi connectivity index (χ2v) is 5.48. The van der Waals surface area contributed by atoms with E-state index in [4.69, 9.17) is 4.74 Å². The van der Waals surface area contributed by atoms with E-state index in [1.165, 1.54) is 12.1 Å². The van der Waals surface area contributed by atoms with Gasteiger partial charge < -0.3 is 9.47 Å². The molecule has 0 amide bonds. The van der Waals surface area contributed by atoms with Crippen LogP contribution in [0.1, 0.15) is 39.2 Å². The summed E-state index contributed by atoms with van der Waals surface area (Å²) in [4.78, 5) is 0. The van der Waals surface area contributed by atoms with E-state index in [0.717, 1.165) is 29.6 Å². The van der Waals surface area contributed by atoms with Crippen LogP contribution in [0.15, 0.2) is 29.8 Å². The van der Waals surface area contributed by atoms with Gasteiger partial charge in [-0.25, -0.2) is 0 Å². The third-order valence-corrected chi connectivity index (χ3v) is 3.46. The van der Waals surface area contributed by atoms with Crippen LogP contribution >= 0.6 is 0 Å². The summed E-state index contributed by atoms with van der Waals surface area (Å²) >= 11 is 0. The minimum absolute atomic E-state index is 0.203. The number of epoxide rings is 1. The van der Waals surface area contributed by atoms with E-state index in [-0.39, 0.29) is 11.4 Å². The maximum Gasteiger partial charge on any atom is 0.573 e. The Morgan fingerprint density at radius 3 is 2.48 bits per heavy atom. The predicted octanol–water partition coefficient (Wildman–Crippen LogP) is 4.95. The Labute approximate surface area is 122 Å². The molecule has 1 saturated heterocycles. The SMILES string of the molecule is CCCC1(C(=C(C)C)c2cccc(OC(F)(F)F)c2)CO1. The first-order valence-electron chi connectivity index (χ1n) is 6.95. The Bertz CT molecular complexity index is 539. The van der Waals surface area contributed by atoms with E-state index in [0.29, 0.717) is 6.61 Å². The van der Waals surface area contributed by atoms with Crippen LogP contribution in [0.4, 0.5) is 13.2 Å². The van der Waals surface area contributed by atoms with Crippen LogP contribution in [0, 0.1) is 0 Å². The summed E-state index contributed by atoms with van der Waals surface area (Å²) in [6.07, 6.45) is -2.87. The third kappa shape index (κ3) is 3.79. The van der Waals surface area contributed by atoms with E-state index in [1.807, 2.05) is 13.8 Å². The van der Waals surface area contributed by atoms with Gasteiger partial charge in [-0.2, -0.15) is 0 Å². The van der Waals surface area contributed by atoms with Gasteiger partial charge in [0.2, 0.25) is 0 Å². The van der Waals surface area contributed by atoms with Crippen molar-refractivity contribution in [2.24, 2.45) is 0 Å². The van der Waals surface area contributed by atoms with Crippen LogP contribution in [0.5, 0.6) is 5.75 Å². The Balaban J connectivity index is 2.35. The molecule has 0 saturated carbocycles. The summed E-state index contributed by atoms with van der Waals surface area (Å²) in [5, 5.41) is 0. The molecule has 1 atom stereocenters. The van der Waals surface area contributed by atoms with Crippen molar-refractivity contribution in [3.63, 3.8) is 0 Å². The molecule has 0 radical (unpaired) electrons. The first kappa shape index (κ1) is 15.9. The lowest BCUT2D eigenvalue weighted by Gasteiger charge is -2.19. The van der Waals surface area contributed by atoms with Gasteiger partial charge in [0.15, 0.2) is 0 Å². The maximum atomic E-state index is 12.3. The molecule has 1 aliphatic rings. The molecule has 0 bridgehead atoms. The highest BCUT2D eigenvalue weighted by atomic mass is 19.4. The largest absolute Gasteiger partial charge is 0.573 e. The summed E-state index contributed by atoms with van der Waals surface area (Å²) in [7, 11) is 0. The fourth-order valence-electron chi connectivity index (χ4n) is 2.76. The minimum Gasteiger partial charge on any atom is -0.406 e. The van der Waals surface area contributed by atoms with Gasteiger partial charge in [0, 0.05) is 0 Å². The number of rotatable bonds is 5. The average Bonchev–Trinajstić information content (AvgIpc) is 3.07. The number of allylic oxidation sites excluding steroid dienone is 1. The highest BCUT2D eigenvalue weighted by Crippen LogP contribution is 2.46. The molecule has 1 fully saturated rings. The molecular weight excluding hydrogens is 281 g/mol. The van der Waals surface area contributed by atoms with Crippen molar-refractivity contribution >= 4 is 5.57 Å². The monoisotopic (exact) mass is 300 g/mol. The molecular formula is C16H19F3O2. The minimum atomic E-state index is -4.68. The zero-order valence-electron chi connectivity index (χ0n) is 12.4. The zero-order valence-corrected chi connectivity index (χ0v) is 12.4.